The Bertz CT molecular complexity index is 1530. The number of carbonyl (C=O) groups is 2. The summed E-state index contributed by atoms with van der Waals surface area (Å²) in [7, 11) is -2.80. The zero-order chi connectivity index (χ0) is 28.5. The first-order valence-electron chi connectivity index (χ1n) is 13.6. The summed E-state index contributed by atoms with van der Waals surface area (Å²) in [4.78, 5) is 27.7. The zero-order valence-electron chi connectivity index (χ0n) is 23.2. The molecule has 0 bridgehead atoms. The number of ether oxygens (including phenoxy) is 1. The van der Waals surface area contributed by atoms with Gasteiger partial charge in [0.2, 0.25) is 0 Å². The number of hydrogen-bond donors (Lipinski definition) is 1. The van der Waals surface area contributed by atoms with Crippen LogP contribution in [0.15, 0.2) is 157 Å². The molecule has 0 aromatic heterocycles. The van der Waals surface area contributed by atoms with Crippen molar-refractivity contribution in [1.29, 1.82) is 0 Å². The molecule has 0 aliphatic carbocycles. The van der Waals surface area contributed by atoms with E-state index in [0.717, 1.165) is 26.8 Å². The van der Waals surface area contributed by atoms with Gasteiger partial charge in [0.1, 0.15) is 28.5 Å². The molecule has 0 spiro atoms. The Morgan fingerprint density at radius 3 is 1.31 bits per heavy atom. The Hall–Kier alpha value is -4.50. The summed E-state index contributed by atoms with van der Waals surface area (Å²) in [6.07, 6.45) is 0. The van der Waals surface area contributed by atoms with Crippen LogP contribution in [0.3, 0.4) is 0 Å². The Morgan fingerprint density at radius 1 is 0.571 bits per heavy atom. The average molecular weight is 593 g/mol. The third-order valence-corrected chi connectivity index (χ3v) is 11.2. The van der Waals surface area contributed by atoms with E-state index in [0.29, 0.717) is 5.56 Å². The first kappa shape index (κ1) is 30.5. The molecule has 210 valence electrons. The van der Waals surface area contributed by atoms with Crippen LogP contribution in [-0.2, 0) is 9.53 Å². The van der Waals surface area contributed by atoms with E-state index in [4.69, 9.17) is 4.74 Å². The molecular weight excluding hydrogens is 561 g/mol. The van der Waals surface area contributed by atoms with Crippen LogP contribution in [-0.4, -0.2) is 18.5 Å². The highest BCUT2D eigenvalue weighted by Gasteiger charge is 2.53. The average Bonchev–Trinajstić information content (AvgIpc) is 3.05. The highest BCUT2D eigenvalue weighted by Crippen LogP contribution is 2.67. The molecule has 5 rings (SSSR count). The Morgan fingerprint density at radius 2 is 0.929 bits per heavy atom. The fourth-order valence-electron chi connectivity index (χ4n) is 5.08. The molecule has 0 fully saturated rings. The van der Waals surface area contributed by atoms with Crippen LogP contribution in [0.4, 0.5) is 0 Å². The maximum Gasteiger partial charge on any atom is 0.359 e. The van der Waals surface area contributed by atoms with Crippen LogP contribution < -0.4 is 21.2 Å². The van der Waals surface area contributed by atoms with Gasteiger partial charge in [-0.2, -0.15) is 0 Å². The molecule has 5 aromatic carbocycles. The summed E-state index contributed by atoms with van der Waals surface area (Å²) in [6, 6.07) is 49.5. The van der Waals surface area contributed by atoms with E-state index in [1.807, 2.05) is 91.0 Å². The van der Waals surface area contributed by atoms with Crippen LogP contribution in [0, 0.1) is 0 Å². The van der Waals surface area contributed by atoms with Gasteiger partial charge in [-0.1, -0.05) is 103 Å². The van der Waals surface area contributed by atoms with Crippen molar-refractivity contribution in [1.82, 2.24) is 5.32 Å². The van der Waals surface area contributed by atoms with Gasteiger partial charge in [-0.25, -0.2) is 4.79 Å². The number of amides is 1. The molecule has 6 heteroatoms. The fourth-order valence-corrected chi connectivity index (χ4v) is 9.62. The zero-order valence-corrected chi connectivity index (χ0v) is 24.9. The largest absolute Gasteiger partial charge is 0.461 e. The van der Waals surface area contributed by atoms with E-state index in [1.54, 1.807) is 31.2 Å². The standard InChI is InChI=1S/C36H30NO3P.ClH/c1-2-40-36(39)33(37-35(38)29-20-10-4-11-21-29)34(28-18-8-3-9-19-28)41(30-22-12-5-13-23-30,31-24-14-6-15-25-31)32-26-16-7-17-27-32;/h3-27H,2H2,1H3;1H/p+1. The first-order chi connectivity index (χ1) is 20.2. The molecule has 0 aliphatic rings. The topological polar surface area (TPSA) is 55.4 Å². The lowest BCUT2D eigenvalue weighted by Gasteiger charge is -2.31. The van der Waals surface area contributed by atoms with Gasteiger partial charge < -0.3 is 10.1 Å². The summed E-state index contributed by atoms with van der Waals surface area (Å²) >= 11 is 0. The van der Waals surface area contributed by atoms with Crippen molar-refractivity contribution in [2.45, 2.75) is 6.92 Å². The highest BCUT2D eigenvalue weighted by atomic mass is 35.5. The first-order valence-corrected chi connectivity index (χ1v) is 15.3. The van der Waals surface area contributed by atoms with Gasteiger partial charge in [0.05, 0.1) is 6.61 Å². The molecule has 42 heavy (non-hydrogen) atoms. The van der Waals surface area contributed by atoms with Gasteiger partial charge >= 0.3 is 5.97 Å². The van der Waals surface area contributed by atoms with Crippen molar-refractivity contribution in [3.05, 3.63) is 168 Å². The lowest BCUT2D eigenvalue weighted by Crippen LogP contribution is -2.36. The third-order valence-electron chi connectivity index (χ3n) is 6.80. The number of nitrogens with one attached hydrogen (secondary N) is 1. The van der Waals surface area contributed by atoms with Crippen LogP contribution >= 0.6 is 19.7 Å². The number of rotatable bonds is 9. The molecule has 0 saturated heterocycles. The molecule has 0 aliphatic heterocycles. The Kier molecular flexibility index (Phi) is 10.4. The van der Waals surface area contributed by atoms with E-state index >= 15 is 0 Å². The number of esters is 1. The van der Waals surface area contributed by atoms with E-state index in [2.05, 4.69) is 41.7 Å². The van der Waals surface area contributed by atoms with Crippen molar-refractivity contribution >= 4 is 52.8 Å². The number of benzene rings is 5. The number of carbonyl (C=O) groups excluding carboxylic acids is 2. The fraction of sp³-hybridized carbons (Fsp3) is 0.0556. The number of hydrogen-bond acceptors (Lipinski definition) is 3. The normalized spacial score (nSPS) is 11.5. The molecule has 0 heterocycles. The third kappa shape index (κ3) is 6.21. The molecule has 1 N–H and O–H groups in total. The quantitative estimate of drug-likeness (QED) is 0.117. The van der Waals surface area contributed by atoms with Gasteiger partial charge in [0.25, 0.3) is 5.91 Å². The van der Waals surface area contributed by atoms with E-state index in [1.165, 1.54) is 0 Å². The minimum atomic E-state index is -2.80. The summed E-state index contributed by atoms with van der Waals surface area (Å²) in [5, 5.41) is 6.90. The van der Waals surface area contributed by atoms with Gasteiger partial charge in [-0.3, -0.25) is 4.79 Å². The van der Waals surface area contributed by atoms with Crippen LogP contribution in [0.2, 0.25) is 0 Å². The summed E-state index contributed by atoms with van der Waals surface area (Å²) in [5.41, 5.74) is 1.41. The second-order valence-electron chi connectivity index (χ2n) is 9.31. The van der Waals surface area contributed by atoms with E-state index in [-0.39, 0.29) is 30.6 Å². The highest BCUT2D eigenvalue weighted by molar-refractivity contribution is 8.03. The molecule has 0 saturated carbocycles. The predicted molar refractivity (Wildman–Crippen MR) is 176 cm³/mol. The maximum absolute atomic E-state index is 14.0. The second kappa shape index (κ2) is 14.4. The van der Waals surface area contributed by atoms with Crippen molar-refractivity contribution in [2.75, 3.05) is 6.61 Å². The van der Waals surface area contributed by atoms with E-state index in [9.17, 15) is 9.59 Å². The van der Waals surface area contributed by atoms with Gasteiger partial charge in [-0.15, -0.1) is 12.4 Å². The minimum absolute atomic E-state index is 0. The molecule has 1 amide bonds. The lowest BCUT2D eigenvalue weighted by molar-refractivity contribution is -0.138. The molecule has 5 aromatic rings. The smallest absolute Gasteiger partial charge is 0.359 e. The molecular formula is C36H32ClNO3P+. The van der Waals surface area contributed by atoms with Crippen molar-refractivity contribution < 1.29 is 14.3 Å². The molecule has 0 atom stereocenters. The van der Waals surface area contributed by atoms with E-state index < -0.39 is 13.2 Å². The molecule has 0 radical (unpaired) electrons. The lowest BCUT2D eigenvalue weighted by atomic mass is 10.1. The second-order valence-corrected chi connectivity index (χ2v) is 12.6. The maximum atomic E-state index is 14.0. The van der Waals surface area contributed by atoms with Gasteiger partial charge in [0, 0.05) is 11.1 Å². The Labute approximate surface area is 253 Å². The van der Waals surface area contributed by atoms with Crippen molar-refractivity contribution in [3.8, 4) is 0 Å². The predicted octanol–water partition coefficient (Wildman–Crippen LogP) is 6.76. The molecule has 0 unspecified atom stereocenters. The summed E-state index contributed by atoms with van der Waals surface area (Å²) in [5.74, 6) is -0.961. The monoisotopic (exact) mass is 592 g/mol. The SMILES string of the molecule is CCOC(=O)C(NC(=O)c1ccccc1)=C(c1ccccc1)[P+](c1ccccc1)(c1ccccc1)c1ccccc1.Cl. The molecule has 4 nitrogen and oxygen atoms in total. The van der Waals surface area contributed by atoms with Crippen molar-refractivity contribution in [2.24, 2.45) is 0 Å². The van der Waals surface area contributed by atoms with Crippen LogP contribution in [0.5, 0.6) is 0 Å². The summed E-state index contributed by atoms with van der Waals surface area (Å²) < 4.78 is 5.65. The van der Waals surface area contributed by atoms with Crippen LogP contribution in [0.25, 0.3) is 5.31 Å². The van der Waals surface area contributed by atoms with Crippen molar-refractivity contribution in [3.63, 3.8) is 0 Å². The van der Waals surface area contributed by atoms with Gasteiger partial charge in [0.15, 0.2) is 5.70 Å². The van der Waals surface area contributed by atoms with Crippen LogP contribution in [0.1, 0.15) is 22.8 Å². The van der Waals surface area contributed by atoms with Gasteiger partial charge in [-0.05, 0) is 55.5 Å². The number of halogens is 1. The minimum Gasteiger partial charge on any atom is -0.461 e. The summed E-state index contributed by atoms with van der Waals surface area (Å²) in [6.45, 7) is 1.93. The Balaban J connectivity index is 0.00000405.